The maximum absolute atomic E-state index is 14.6. The van der Waals surface area contributed by atoms with Gasteiger partial charge in [0.05, 0.1) is 0 Å². The first kappa shape index (κ1) is 17.3. The second-order valence-electron chi connectivity index (χ2n) is 8.41. The molecule has 1 aromatic heterocycles. The molecule has 4 aliphatic rings. The van der Waals surface area contributed by atoms with Gasteiger partial charge in [0, 0.05) is 29.4 Å². The molecule has 148 valence electrons. The van der Waals surface area contributed by atoms with E-state index in [4.69, 9.17) is 0 Å². The van der Waals surface area contributed by atoms with Crippen molar-refractivity contribution >= 4 is 10.1 Å². The lowest BCUT2D eigenvalue weighted by Crippen LogP contribution is -2.39. The van der Waals surface area contributed by atoms with Crippen molar-refractivity contribution in [2.24, 2.45) is 17.8 Å². The monoisotopic (exact) mass is 401 g/mol. The van der Waals surface area contributed by atoms with Crippen LogP contribution in [0.15, 0.2) is 12.2 Å². The standard InChI is InChI=1S/C18H21F2NO5S/c19-18(20,8-13-6-9-1-2-10(13)5-9)27(24,25)26-21-16(22)14-11-3-4-12(7-11)15(14)17(21)23/h3-4,9-13,22-23H,1-2,5-8H2. The molecule has 0 spiro atoms. The topological polar surface area (TPSA) is 88.8 Å². The molecule has 5 rings (SSSR count). The first-order valence-corrected chi connectivity index (χ1v) is 10.8. The zero-order valence-electron chi connectivity index (χ0n) is 14.5. The molecule has 4 aliphatic carbocycles. The minimum atomic E-state index is -5.38. The van der Waals surface area contributed by atoms with Gasteiger partial charge in [-0.05, 0) is 43.4 Å². The van der Waals surface area contributed by atoms with E-state index in [1.54, 1.807) is 0 Å². The molecular formula is C18H21F2NO5S. The lowest BCUT2D eigenvalue weighted by atomic mass is 9.86. The van der Waals surface area contributed by atoms with Crippen LogP contribution in [-0.2, 0) is 10.1 Å². The van der Waals surface area contributed by atoms with E-state index in [1.807, 2.05) is 12.2 Å². The van der Waals surface area contributed by atoms with Crippen LogP contribution in [0.3, 0.4) is 0 Å². The van der Waals surface area contributed by atoms with Crippen molar-refractivity contribution in [2.75, 3.05) is 0 Å². The molecule has 2 fully saturated rings. The quantitative estimate of drug-likeness (QED) is 0.740. The lowest BCUT2D eigenvalue weighted by Gasteiger charge is -2.26. The summed E-state index contributed by atoms with van der Waals surface area (Å²) in [6, 6.07) is 0. The van der Waals surface area contributed by atoms with Crippen molar-refractivity contribution in [1.29, 1.82) is 0 Å². The molecule has 6 nitrogen and oxygen atoms in total. The highest BCUT2D eigenvalue weighted by molar-refractivity contribution is 7.88. The van der Waals surface area contributed by atoms with E-state index in [1.165, 1.54) is 0 Å². The van der Waals surface area contributed by atoms with E-state index in [0.717, 1.165) is 19.3 Å². The summed E-state index contributed by atoms with van der Waals surface area (Å²) in [4.78, 5) is 0. The summed E-state index contributed by atoms with van der Waals surface area (Å²) >= 11 is 0. The van der Waals surface area contributed by atoms with Crippen LogP contribution in [0.2, 0.25) is 0 Å². The normalized spacial score (nSPS) is 33.8. The van der Waals surface area contributed by atoms with Crippen LogP contribution in [0.5, 0.6) is 11.8 Å². The number of nitrogens with zero attached hydrogens (tertiary/aromatic N) is 1. The number of hydrogen-bond acceptors (Lipinski definition) is 5. The molecular weight excluding hydrogens is 380 g/mol. The molecule has 0 saturated heterocycles. The van der Waals surface area contributed by atoms with Gasteiger partial charge in [0.25, 0.3) is 0 Å². The zero-order valence-corrected chi connectivity index (χ0v) is 15.3. The number of aromatic nitrogens is 1. The largest absolute Gasteiger partial charge is 0.492 e. The number of aromatic hydroxyl groups is 2. The number of fused-ring (bicyclic) bond motifs is 7. The van der Waals surface area contributed by atoms with E-state index in [2.05, 4.69) is 4.28 Å². The average molecular weight is 401 g/mol. The molecule has 27 heavy (non-hydrogen) atoms. The first-order valence-electron chi connectivity index (χ1n) is 9.35. The van der Waals surface area contributed by atoms with Crippen LogP contribution < -0.4 is 4.28 Å². The second kappa shape index (κ2) is 5.40. The van der Waals surface area contributed by atoms with Crippen LogP contribution in [0.4, 0.5) is 8.78 Å². The third-order valence-electron chi connectivity index (χ3n) is 6.90. The number of alkyl halides is 2. The van der Waals surface area contributed by atoms with Crippen molar-refractivity contribution in [3.63, 3.8) is 0 Å². The number of halogens is 2. The first-order chi connectivity index (χ1) is 12.7. The van der Waals surface area contributed by atoms with Gasteiger partial charge in [-0.25, -0.2) is 0 Å². The Balaban J connectivity index is 1.40. The van der Waals surface area contributed by atoms with Gasteiger partial charge in [-0.1, -0.05) is 23.3 Å². The van der Waals surface area contributed by atoms with Crippen LogP contribution in [0, 0.1) is 17.8 Å². The Morgan fingerprint density at radius 2 is 1.70 bits per heavy atom. The van der Waals surface area contributed by atoms with Crippen LogP contribution >= 0.6 is 0 Å². The highest BCUT2D eigenvalue weighted by Gasteiger charge is 2.54. The zero-order chi connectivity index (χ0) is 19.1. The number of hydrogen-bond donors (Lipinski definition) is 2. The number of rotatable bonds is 5. The summed E-state index contributed by atoms with van der Waals surface area (Å²) < 4.78 is 58.6. The molecule has 0 radical (unpaired) electrons. The predicted octanol–water partition coefficient (Wildman–Crippen LogP) is 3.22. The van der Waals surface area contributed by atoms with Gasteiger partial charge in [-0.2, -0.15) is 17.2 Å². The lowest BCUT2D eigenvalue weighted by molar-refractivity contribution is 0.0336. The van der Waals surface area contributed by atoms with E-state index >= 15 is 0 Å². The molecule has 0 aromatic carbocycles. The van der Waals surface area contributed by atoms with Crippen LogP contribution in [0.25, 0.3) is 0 Å². The Hall–Kier alpha value is -1.77. The smallest absolute Gasteiger partial charge is 0.393 e. The fourth-order valence-electron chi connectivity index (χ4n) is 5.68. The Morgan fingerprint density at radius 1 is 1.07 bits per heavy atom. The van der Waals surface area contributed by atoms with Crippen molar-refractivity contribution in [3.8, 4) is 11.8 Å². The molecule has 1 aromatic rings. The second-order valence-corrected chi connectivity index (χ2v) is 10.1. The summed E-state index contributed by atoms with van der Waals surface area (Å²) in [5, 5.41) is 16.5. The summed E-state index contributed by atoms with van der Waals surface area (Å²) in [7, 11) is -5.38. The summed E-state index contributed by atoms with van der Waals surface area (Å²) in [6.07, 6.45) is 6.98. The van der Waals surface area contributed by atoms with Gasteiger partial charge in [0.2, 0.25) is 11.8 Å². The molecule has 4 bridgehead atoms. The molecule has 0 amide bonds. The van der Waals surface area contributed by atoms with E-state index in [9.17, 15) is 27.4 Å². The maximum atomic E-state index is 14.6. The van der Waals surface area contributed by atoms with E-state index in [-0.39, 0.29) is 28.4 Å². The molecule has 2 N–H and O–H groups in total. The minimum Gasteiger partial charge on any atom is -0.492 e. The van der Waals surface area contributed by atoms with Gasteiger partial charge >= 0.3 is 15.4 Å². The van der Waals surface area contributed by atoms with E-state index in [0.29, 0.717) is 29.9 Å². The summed E-state index contributed by atoms with van der Waals surface area (Å²) in [6.45, 7) is 0. The van der Waals surface area contributed by atoms with Crippen LogP contribution in [-0.4, -0.2) is 28.6 Å². The molecule has 1 heterocycles. The summed E-state index contributed by atoms with van der Waals surface area (Å²) in [5.41, 5.74) is 0.707. The minimum absolute atomic E-state index is 0.148. The molecule has 5 unspecified atom stereocenters. The highest BCUT2D eigenvalue weighted by atomic mass is 32.2. The van der Waals surface area contributed by atoms with E-state index < -0.39 is 33.6 Å². The average Bonchev–Trinajstić information content (AvgIpc) is 3.38. The van der Waals surface area contributed by atoms with Crippen molar-refractivity contribution < 1.29 is 31.7 Å². The SMILES string of the molecule is O=S(=O)(On1c(O)c2c(c1O)C1C=CC2C1)C(F)(F)CC1CC2CCC1C2. The molecule has 5 atom stereocenters. The van der Waals surface area contributed by atoms with Crippen LogP contribution in [0.1, 0.15) is 61.5 Å². The third-order valence-corrected chi connectivity index (χ3v) is 8.15. The molecule has 0 aliphatic heterocycles. The van der Waals surface area contributed by atoms with Gasteiger partial charge < -0.3 is 10.2 Å². The number of allylic oxidation sites excluding steroid dienone is 2. The maximum Gasteiger partial charge on any atom is 0.393 e. The van der Waals surface area contributed by atoms with Gasteiger partial charge in [0.15, 0.2) is 0 Å². The Labute approximate surface area is 155 Å². The van der Waals surface area contributed by atoms with Gasteiger partial charge in [-0.3, -0.25) is 4.28 Å². The van der Waals surface area contributed by atoms with Gasteiger partial charge in [0.1, 0.15) is 0 Å². The fourth-order valence-corrected chi connectivity index (χ4v) is 6.54. The highest BCUT2D eigenvalue weighted by Crippen LogP contribution is 2.56. The van der Waals surface area contributed by atoms with Gasteiger partial charge in [-0.15, -0.1) is 0 Å². The van der Waals surface area contributed by atoms with Crippen molar-refractivity contribution in [1.82, 2.24) is 4.73 Å². The fraction of sp³-hybridized carbons (Fsp3) is 0.667. The summed E-state index contributed by atoms with van der Waals surface area (Å²) in [5.74, 6) is -1.36. The molecule has 2 saturated carbocycles. The molecule has 9 heteroatoms. The van der Waals surface area contributed by atoms with Crippen molar-refractivity contribution in [2.45, 2.75) is 55.6 Å². The third kappa shape index (κ3) is 2.36. The Morgan fingerprint density at radius 3 is 2.22 bits per heavy atom. The Kier molecular flexibility index (Phi) is 3.46. The Bertz CT molecular complexity index is 903. The van der Waals surface area contributed by atoms with Crippen molar-refractivity contribution in [3.05, 3.63) is 23.3 Å². The predicted molar refractivity (Wildman–Crippen MR) is 91.0 cm³/mol.